The van der Waals surface area contributed by atoms with Crippen molar-refractivity contribution in [1.82, 2.24) is 15.5 Å². The van der Waals surface area contributed by atoms with Crippen molar-refractivity contribution < 1.29 is 9.18 Å². The molecule has 0 saturated carbocycles. The molecule has 7 heteroatoms. The summed E-state index contributed by atoms with van der Waals surface area (Å²) < 4.78 is 13.7. The first-order valence-corrected chi connectivity index (χ1v) is 9.50. The molecular formula is C18H23FN4OS. The van der Waals surface area contributed by atoms with Gasteiger partial charge in [-0.05, 0) is 49.4 Å². The summed E-state index contributed by atoms with van der Waals surface area (Å²) >= 11 is 1.29. The number of halogens is 1. The van der Waals surface area contributed by atoms with Gasteiger partial charge in [0.2, 0.25) is 11.0 Å². The first-order chi connectivity index (χ1) is 12.1. The molecule has 1 saturated heterocycles. The first-order valence-electron chi connectivity index (χ1n) is 8.68. The third kappa shape index (κ3) is 5.06. The van der Waals surface area contributed by atoms with Crippen LogP contribution in [0.5, 0.6) is 0 Å². The molecule has 25 heavy (non-hydrogen) atoms. The van der Waals surface area contributed by atoms with Crippen LogP contribution >= 0.6 is 11.3 Å². The van der Waals surface area contributed by atoms with Crippen LogP contribution in [0.1, 0.15) is 36.8 Å². The Morgan fingerprint density at radius 2 is 2.28 bits per heavy atom. The van der Waals surface area contributed by atoms with Crippen LogP contribution in [0.15, 0.2) is 24.3 Å². The maximum Gasteiger partial charge on any atom is 0.226 e. The largest absolute Gasteiger partial charge is 0.316 e. The summed E-state index contributed by atoms with van der Waals surface area (Å²) in [5.74, 6) is 0.592. The molecule has 1 aromatic heterocycles. The number of nitrogens with one attached hydrogen (secondary N) is 2. The van der Waals surface area contributed by atoms with Gasteiger partial charge in [0.15, 0.2) is 0 Å². The number of benzene rings is 1. The van der Waals surface area contributed by atoms with Crippen LogP contribution in [-0.4, -0.2) is 29.2 Å². The van der Waals surface area contributed by atoms with Gasteiger partial charge in [0, 0.05) is 12.8 Å². The molecule has 1 aromatic carbocycles. The fraction of sp³-hybridized carbons (Fsp3) is 0.500. The van der Waals surface area contributed by atoms with Crippen LogP contribution in [0.3, 0.4) is 0 Å². The van der Waals surface area contributed by atoms with Crippen molar-refractivity contribution >= 4 is 22.4 Å². The third-order valence-electron chi connectivity index (χ3n) is 4.66. The fourth-order valence-electron chi connectivity index (χ4n) is 3.17. The average Bonchev–Trinajstić information content (AvgIpc) is 3.04. The van der Waals surface area contributed by atoms with Gasteiger partial charge in [0.25, 0.3) is 0 Å². The Bertz CT molecular complexity index is 715. The van der Waals surface area contributed by atoms with E-state index in [1.54, 1.807) is 18.2 Å². The molecule has 2 atom stereocenters. The minimum Gasteiger partial charge on any atom is -0.316 e. The van der Waals surface area contributed by atoms with Crippen molar-refractivity contribution in [3.05, 3.63) is 40.7 Å². The highest BCUT2D eigenvalue weighted by atomic mass is 32.1. The van der Waals surface area contributed by atoms with Crippen LogP contribution < -0.4 is 10.6 Å². The number of aromatic nitrogens is 2. The van der Waals surface area contributed by atoms with E-state index in [-0.39, 0.29) is 11.7 Å². The lowest BCUT2D eigenvalue weighted by atomic mass is 9.85. The molecule has 2 aromatic rings. The summed E-state index contributed by atoms with van der Waals surface area (Å²) in [5, 5.41) is 15.4. The maximum absolute atomic E-state index is 13.7. The molecule has 0 radical (unpaired) electrons. The Morgan fingerprint density at radius 1 is 1.44 bits per heavy atom. The number of anilines is 1. The maximum atomic E-state index is 13.7. The Balaban J connectivity index is 1.52. The molecule has 1 fully saturated rings. The first kappa shape index (κ1) is 17.9. The van der Waals surface area contributed by atoms with Gasteiger partial charge in [-0.25, -0.2) is 4.39 Å². The minimum absolute atomic E-state index is 0.0355. The van der Waals surface area contributed by atoms with E-state index >= 15 is 0 Å². The van der Waals surface area contributed by atoms with Crippen LogP contribution in [0.2, 0.25) is 0 Å². The van der Waals surface area contributed by atoms with Crippen LogP contribution in [0, 0.1) is 17.7 Å². The van der Waals surface area contributed by atoms with Gasteiger partial charge in [-0.3, -0.25) is 4.79 Å². The van der Waals surface area contributed by atoms with Crippen molar-refractivity contribution in [2.45, 2.75) is 32.6 Å². The van der Waals surface area contributed by atoms with E-state index in [9.17, 15) is 9.18 Å². The Hall–Kier alpha value is -1.86. The molecule has 0 spiro atoms. The molecular weight excluding hydrogens is 339 g/mol. The molecule has 1 amide bonds. The quantitative estimate of drug-likeness (QED) is 0.828. The van der Waals surface area contributed by atoms with E-state index in [0.717, 1.165) is 13.1 Å². The molecule has 0 bridgehead atoms. The van der Waals surface area contributed by atoms with Crippen molar-refractivity contribution in [2.24, 2.45) is 11.8 Å². The molecule has 5 nitrogen and oxygen atoms in total. The predicted molar refractivity (Wildman–Crippen MR) is 97.1 cm³/mol. The van der Waals surface area contributed by atoms with E-state index in [4.69, 9.17) is 0 Å². The second-order valence-corrected chi connectivity index (χ2v) is 7.67. The Kier molecular flexibility index (Phi) is 6.09. The van der Waals surface area contributed by atoms with E-state index in [1.165, 1.54) is 30.2 Å². The van der Waals surface area contributed by atoms with E-state index in [2.05, 4.69) is 27.8 Å². The molecule has 2 heterocycles. The van der Waals surface area contributed by atoms with E-state index in [0.29, 0.717) is 40.4 Å². The monoisotopic (exact) mass is 362 g/mol. The van der Waals surface area contributed by atoms with Gasteiger partial charge in [0.05, 0.1) is 0 Å². The van der Waals surface area contributed by atoms with Crippen LogP contribution in [-0.2, 0) is 11.2 Å². The second-order valence-electron chi connectivity index (χ2n) is 6.61. The lowest BCUT2D eigenvalue weighted by molar-refractivity contribution is -0.117. The van der Waals surface area contributed by atoms with Gasteiger partial charge in [-0.1, -0.05) is 36.5 Å². The van der Waals surface area contributed by atoms with Gasteiger partial charge in [-0.15, -0.1) is 10.2 Å². The van der Waals surface area contributed by atoms with Crippen LogP contribution in [0.4, 0.5) is 9.52 Å². The summed E-state index contributed by atoms with van der Waals surface area (Å²) in [5.41, 5.74) is 0.579. The second kappa shape index (κ2) is 8.49. The molecule has 2 N–H and O–H groups in total. The van der Waals surface area contributed by atoms with Crippen molar-refractivity contribution in [2.75, 3.05) is 18.4 Å². The number of hydrogen-bond donors (Lipinski definition) is 2. The van der Waals surface area contributed by atoms with E-state index in [1.807, 2.05) is 0 Å². The zero-order chi connectivity index (χ0) is 17.6. The predicted octanol–water partition coefficient (Wildman–Crippen LogP) is 3.23. The Morgan fingerprint density at radius 3 is 3.04 bits per heavy atom. The zero-order valence-corrected chi connectivity index (χ0v) is 15.1. The standard InChI is InChI=1S/C18H23FN4OS/c1-12(14-6-4-8-20-11-14)9-16(24)21-18-23-22-17(25-18)10-13-5-2-3-7-15(13)19/h2-3,5,7,12,14,20H,4,6,8-11H2,1H3,(H,21,23,24). The summed E-state index contributed by atoms with van der Waals surface area (Å²) in [6.45, 7) is 4.19. The molecule has 3 rings (SSSR count). The highest BCUT2D eigenvalue weighted by Crippen LogP contribution is 2.24. The number of hydrogen-bond acceptors (Lipinski definition) is 5. The topological polar surface area (TPSA) is 66.9 Å². The van der Waals surface area contributed by atoms with E-state index < -0.39 is 0 Å². The number of carbonyl (C=O) groups excluding carboxylic acids is 1. The van der Waals surface area contributed by atoms with Crippen molar-refractivity contribution in [1.29, 1.82) is 0 Å². The lowest BCUT2D eigenvalue weighted by Gasteiger charge is -2.27. The Labute approximate surface area is 151 Å². The zero-order valence-electron chi connectivity index (χ0n) is 14.3. The fourth-order valence-corrected chi connectivity index (χ4v) is 3.95. The molecule has 1 aliphatic heterocycles. The highest BCUT2D eigenvalue weighted by molar-refractivity contribution is 7.15. The SMILES string of the molecule is CC(CC(=O)Nc1nnc(Cc2ccccc2F)s1)C1CCCNC1. The number of amides is 1. The summed E-state index contributed by atoms with van der Waals surface area (Å²) in [4.78, 5) is 12.2. The molecule has 0 aliphatic carbocycles. The van der Waals surface area contributed by atoms with Gasteiger partial charge >= 0.3 is 0 Å². The number of carbonyl (C=O) groups is 1. The van der Waals surface area contributed by atoms with Crippen LogP contribution in [0.25, 0.3) is 0 Å². The lowest BCUT2D eigenvalue weighted by Crippen LogP contribution is -2.34. The van der Waals surface area contributed by atoms with Crippen molar-refractivity contribution in [3.8, 4) is 0 Å². The highest BCUT2D eigenvalue weighted by Gasteiger charge is 2.22. The van der Waals surface area contributed by atoms with Gasteiger partial charge < -0.3 is 10.6 Å². The summed E-state index contributed by atoms with van der Waals surface area (Å²) in [6.07, 6.45) is 3.21. The smallest absolute Gasteiger partial charge is 0.226 e. The normalized spacial score (nSPS) is 18.7. The van der Waals surface area contributed by atoms with Crippen molar-refractivity contribution in [3.63, 3.8) is 0 Å². The molecule has 1 aliphatic rings. The van der Waals surface area contributed by atoms with Gasteiger partial charge in [-0.2, -0.15) is 0 Å². The summed E-state index contributed by atoms with van der Waals surface area (Å²) in [6, 6.07) is 6.62. The number of rotatable bonds is 6. The summed E-state index contributed by atoms with van der Waals surface area (Å²) in [7, 11) is 0. The number of piperidine rings is 1. The number of nitrogens with zero attached hydrogens (tertiary/aromatic N) is 2. The molecule has 134 valence electrons. The third-order valence-corrected chi connectivity index (χ3v) is 5.50. The van der Waals surface area contributed by atoms with Gasteiger partial charge in [0.1, 0.15) is 10.8 Å². The average molecular weight is 362 g/mol. The molecule has 2 unspecified atom stereocenters. The minimum atomic E-state index is -0.252.